The lowest BCUT2D eigenvalue weighted by atomic mass is 10.1. The molecular weight excluding hydrogens is 374 g/mol. The van der Waals surface area contributed by atoms with Crippen molar-refractivity contribution in [3.63, 3.8) is 0 Å². The molecule has 0 radical (unpaired) electrons. The second-order valence-corrected chi connectivity index (χ2v) is 6.43. The zero-order valence-corrected chi connectivity index (χ0v) is 17.0. The van der Waals surface area contributed by atoms with Crippen LogP contribution in [0, 0.1) is 6.92 Å². The molecule has 1 aromatic heterocycles. The maximum Gasteiger partial charge on any atom is 0.251 e. The Hall–Kier alpha value is -3.55. The minimum absolute atomic E-state index is 0.218. The van der Waals surface area contributed by atoms with Gasteiger partial charge in [0, 0.05) is 11.1 Å². The van der Waals surface area contributed by atoms with Crippen molar-refractivity contribution in [3.8, 4) is 28.6 Å². The van der Waals surface area contributed by atoms with Gasteiger partial charge in [-0.05, 0) is 38.1 Å². The van der Waals surface area contributed by atoms with Gasteiger partial charge in [0.05, 0.1) is 21.3 Å². The average Bonchev–Trinajstić information content (AvgIpc) is 3.23. The monoisotopic (exact) mass is 397 g/mol. The lowest BCUT2D eigenvalue weighted by molar-refractivity contribution is 0.0932. The SMILES string of the molecule is COc1cc(-c2noc(C(C)NC(=O)c3ccc(C)cc3)n2)cc(OC)c1OC. The number of rotatable bonds is 7. The first kappa shape index (κ1) is 20.2. The van der Waals surface area contributed by atoms with E-state index in [1.807, 2.05) is 19.1 Å². The second-order valence-electron chi connectivity index (χ2n) is 6.43. The molecule has 0 bridgehead atoms. The summed E-state index contributed by atoms with van der Waals surface area (Å²) in [5, 5.41) is 6.87. The number of amides is 1. The van der Waals surface area contributed by atoms with E-state index in [4.69, 9.17) is 18.7 Å². The summed E-state index contributed by atoms with van der Waals surface area (Å²) >= 11 is 0. The largest absolute Gasteiger partial charge is 0.493 e. The van der Waals surface area contributed by atoms with Crippen LogP contribution in [0.15, 0.2) is 40.9 Å². The maximum absolute atomic E-state index is 12.4. The summed E-state index contributed by atoms with van der Waals surface area (Å²) in [5.74, 6) is 1.85. The third-order valence-electron chi connectivity index (χ3n) is 4.40. The Morgan fingerprint density at radius 1 is 1.03 bits per heavy atom. The Morgan fingerprint density at radius 2 is 1.66 bits per heavy atom. The van der Waals surface area contributed by atoms with Crippen molar-refractivity contribution in [1.29, 1.82) is 0 Å². The standard InChI is InChI=1S/C21H23N3O5/c1-12-6-8-14(9-7-12)20(25)22-13(2)21-23-19(24-29-21)15-10-16(26-3)18(28-5)17(11-15)27-4/h6-11,13H,1-5H3,(H,22,25). The zero-order valence-electron chi connectivity index (χ0n) is 17.0. The number of methoxy groups -OCH3 is 3. The van der Waals surface area contributed by atoms with Crippen LogP contribution in [0.2, 0.25) is 0 Å². The Morgan fingerprint density at radius 3 is 2.21 bits per heavy atom. The fourth-order valence-corrected chi connectivity index (χ4v) is 2.79. The molecule has 1 heterocycles. The summed E-state index contributed by atoms with van der Waals surface area (Å²) in [4.78, 5) is 16.8. The van der Waals surface area contributed by atoms with Crippen LogP contribution in [-0.2, 0) is 0 Å². The third kappa shape index (κ3) is 4.31. The molecule has 8 heteroatoms. The number of hydrogen-bond acceptors (Lipinski definition) is 7. The molecule has 0 saturated heterocycles. The second kappa shape index (κ2) is 8.64. The van der Waals surface area contributed by atoms with Crippen molar-refractivity contribution in [2.45, 2.75) is 19.9 Å². The number of carbonyl (C=O) groups is 1. The summed E-state index contributed by atoms with van der Waals surface area (Å²) in [7, 11) is 4.60. The van der Waals surface area contributed by atoms with E-state index in [0.717, 1.165) is 5.56 Å². The van der Waals surface area contributed by atoms with Crippen molar-refractivity contribution in [2.24, 2.45) is 0 Å². The Kier molecular flexibility index (Phi) is 6.01. The molecule has 1 atom stereocenters. The first-order chi connectivity index (χ1) is 14.0. The van der Waals surface area contributed by atoms with Crippen molar-refractivity contribution in [1.82, 2.24) is 15.5 Å². The Balaban J connectivity index is 1.81. The molecule has 29 heavy (non-hydrogen) atoms. The van der Waals surface area contributed by atoms with Crippen LogP contribution >= 0.6 is 0 Å². The Bertz CT molecular complexity index is 973. The molecule has 3 rings (SSSR count). The van der Waals surface area contributed by atoms with Gasteiger partial charge in [-0.3, -0.25) is 4.79 Å². The fourth-order valence-electron chi connectivity index (χ4n) is 2.79. The fraction of sp³-hybridized carbons (Fsp3) is 0.286. The van der Waals surface area contributed by atoms with Gasteiger partial charge in [0.15, 0.2) is 11.5 Å². The van der Waals surface area contributed by atoms with Gasteiger partial charge in [0.25, 0.3) is 5.91 Å². The number of hydrogen-bond donors (Lipinski definition) is 1. The van der Waals surface area contributed by atoms with Crippen LogP contribution in [0.4, 0.5) is 0 Å². The number of benzene rings is 2. The van der Waals surface area contributed by atoms with Gasteiger partial charge in [-0.15, -0.1) is 0 Å². The highest BCUT2D eigenvalue weighted by atomic mass is 16.5. The number of carbonyl (C=O) groups excluding carboxylic acids is 1. The van der Waals surface area contributed by atoms with Crippen LogP contribution in [0.3, 0.4) is 0 Å². The van der Waals surface area contributed by atoms with Gasteiger partial charge in [-0.1, -0.05) is 22.9 Å². The predicted octanol–water partition coefficient (Wildman–Crippen LogP) is 3.56. The van der Waals surface area contributed by atoms with E-state index in [1.54, 1.807) is 31.2 Å². The average molecular weight is 397 g/mol. The topological polar surface area (TPSA) is 95.7 Å². The highest BCUT2D eigenvalue weighted by Crippen LogP contribution is 2.40. The summed E-state index contributed by atoms with van der Waals surface area (Å²) < 4.78 is 21.4. The molecule has 2 aromatic carbocycles. The summed E-state index contributed by atoms with van der Waals surface area (Å²) in [6.45, 7) is 3.74. The van der Waals surface area contributed by atoms with E-state index in [0.29, 0.717) is 34.2 Å². The Labute approximate surface area is 168 Å². The number of ether oxygens (including phenoxy) is 3. The lowest BCUT2D eigenvalue weighted by Crippen LogP contribution is -2.26. The summed E-state index contributed by atoms with van der Waals surface area (Å²) in [6, 6.07) is 10.3. The van der Waals surface area contributed by atoms with E-state index < -0.39 is 6.04 Å². The quantitative estimate of drug-likeness (QED) is 0.651. The van der Waals surface area contributed by atoms with Gasteiger partial charge in [0.1, 0.15) is 6.04 Å². The number of aryl methyl sites for hydroxylation is 1. The number of aromatic nitrogens is 2. The molecule has 1 unspecified atom stereocenters. The van der Waals surface area contributed by atoms with Gasteiger partial charge < -0.3 is 24.1 Å². The van der Waals surface area contributed by atoms with Crippen molar-refractivity contribution in [3.05, 3.63) is 53.4 Å². The highest BCUT2D eigenvalue weighted by Gasteiger charge is 2.20. The van der Waals surface area contributed by atoms with E-state index in [9.17, 15) is 4.79 Å². The van der Waals surface area contributed by atoms with Crippen LogP contribution < -0.4 is 19.5 Å². The molecule has 0 fully saturated rings. The van der Waals surface area contributed by atoms with Crippen LogP contribution in [0.5, 0.6) is 17.2 Å². The highest BCUT2D eigenvalue weighted by molar-refractivity contribution is 5.94. The molecule has 0 aliphatic heterocycles. The predicted molar refractivity (Wildman–Crippen MR) is 106 cm³/mol. The minimum atomic E-state index is -0.466. The third-order valence-corrected chi connectivity index (χ3v) is 4.40. The zero-order chi connectivity index (χ0) is 21.0. The van der Waals surface area contributed by atoms with Gasteiger partial charge >= 0.3 is 0 Å². The lowest BCUT2D eigenvalue weighted by Gasteiger charge is -2.12. The summed E-state index contributed by atoms with van der Waals surface area (Å²) in [5.41, 5.74) is 2.28. The smallest absolute Gasteiger partial charge is 0.251 e. The van der Waals surface area contributed by atoms with E-state index in [1.165, 1.54) is 21.3 Å². The molecule has 0 aliphatic carbocycles. The van der Waals surface area contributed by atoms with Gasteiger partial charge in [-0.2, -0.15) is 4.98 Å². The van der Waals surface area contributed by atoms with Crippen LogP contribution in [-0.4, -0.2) is 37.4 Å². The van der Waals surface area contributed by atoms with Crippen LogP contribution in [0.1, 0.15) is 34.8 Å². The molecule has 1 amide bonds. The molecule has 0 aliphatic rings. The molecule has 0 saturated carbocycles. The summed E-state index contributed by atoms with van der Waals surface area (Å²) in [6.07, 6.45) is 0. The van der Waals surface area contributed by atoms with Gasteiger partial charge in [-0.25, -0.2) is 0 Å². The molecular formula is C21H23N3O5. The molecule has 8 nitrogen and oxygen atoms in total. The molecule has 3 aromatic rings. The number of nitrogens with one attached hydrogen (secondary N) is 1. The minimum Gasteiger partial charge on any atom is -0.493 e. The van der Waals surface area contributed by atoms with Crippen LogP contribution in [0.25, 0.3) is 11.4 Å². The van der Waals surface area contributed by atoms with Crippen molar-refractivity contribution in [2.75, 3.05) is 21.3 Å². The van der Waals surface area contributed by atoms with E-state index in [2.05, 4.69) is 15.5 Å². The molecule has 1 N–H and O–H groups in total. The first-order valence-corrected chi connectivity index (χ1v) is 8.98. The van der Waals surface area contributed by atoms with E-state index in [-0.39, 0.29) is 11.8 Å². The number of nitrogens with zero attached hydrogens (tertiary/aromatic N) is 2. The van der Waals surface area contributed by atoms with Crippen molar-refractivity contribution >= 4 is 5.91 Å². The molecule has 152 valence electrons. The normalized spacial score (nSPS) is 11.6. The van der Waals surface area contributed by atoms with Crippen molar-refractivity contribution < 1.29 is 23.5 Å². The molecule has 0 spiro atoms. The first-order valence-electron chi connectivity index (χ1n) is 8.98. The maximum atomic E-state index is 12.4. The van der Waals surface area contributed by atoms with Gasteiger partial charge in [0.2, 0.25) is 17.5 Å². The van der Waals surface area contributed by atoms with E-state index >= 15 is 0 Å².